The van der Waals surface area contributed by atoms with Gasteiger partial charge in [-0.15, -0.1) is 12.4 Å². The van der Waals surface area contributed by atoms with Crippen LogP contribution in [-0.2, 0) is 11.2 Å². The molecule has 0 amide bonds. The predicted octanol–water partition coefficient (Wildman–Crippen LogP) is 4.81. The Morgan fingerprint density at radius 2 is 1.89 bits per heavy atom. The molecular formula is C23H28ClNO2. The van der Waals surface area contributed by atoms with Crippen molar-refractivity contribution < 1.29 is 9.47 Å². The maximum Gasteiger partial charge on any atom is 0.118 e. The predicted molar refractivity (Wildman–Crippen MR) is 113 cm³/mol. The van der Waals surface area contributed by atoms with Crippen LogP contribution in [0.5, 0.6) is 5.75 Å². The highest BCUT2D eigenvalue weighted by atomic mass is 35.5. The van der Waals surface area contributed by atoms with Gasteiger partial charge >= 0.3 is 0 Å². The van der Waals surface area contributed by atoms with Crippen molar-refractivity contribution in [2.24, 2.45) is 5.92 Å². The number of methoxy groups -OCH3 is 1. The molecular weight excluding hydrogens is 358 g/mol. The summed E-state index contributed by atoms with van der Waals surface area (Å²) in [5.74, 6) is 1.32. The van der Waals surface area contributed by atoms with E-state index >= 15 is 0 Å². The van der Waals surface area contributed by atoms with Gasteiger partial charge in [-0.3, -0.25) is 0 Å². The van der Waals surface area contributed by atoms with Crippen LogP contribution in [0.25, 0.3) is 5.57 Å². The fourth-order valence-corrected chi connectivity index (χ4v) is 4.21. The van der Waals surface area contributed by atoms with Gasteiger partial charge in [0.05, 0.1) is 19.8 Å². The minimum Gasteiger partial charge on any atom is -0.497 e. The van der Waals surface area contributed by atoms with E-state index in [1.54, 1.807) is 7.11 Å². The van der Waals surface area contributed by atoms with Crippen LogP contribution in [0.1, 0.15) is 36.1 Å². The molecule has 1 N–H and O–H groups in total. The smallest absolute Gasteiger partial charge is 0.118 e. The Morgan fingerprint density at radius 3 is 2.67 bits per heavy atom. The van der Waals surface area contributed by atoms with Crippen LogP contribution < -0.4 is 10.1 Å². The minimum absolute atomic E-state index is 0. The molecule has 3 unspecified atom stereocenters. The highest BCUT2D eigenvalue weighted by Crippen LogP contribution is 2.37. The molecule has 144 valence electrons. The summed E-state index contributed by atoms with van der Waals surface area (Å²) in [6.07, 6.45) is 4.53. The van der Waals surface area contributed by atoms with E-state index in [2.05, 4.69) is 54.7 Å². The first-order valence-corrected chi connectivity index (χ1v) is 9.52. The van der Waals surface area contributed by atoms with Crippen molar-refractivity contribution in [1.82, 2.24) is 5.32 Å². The van der Waals surface area contributed by atoms with Crippen molar-refractivity contribution in [3.63, 3.8) is 0 Å². The van der Waals surface area contributed by atoms with Gasteiger partial charge in [0.25, 0.3) is 0 Å². The quantitative estimate of drug-likeness (QED) is 0.819. The number of hydrogen-bond donors (Lipinski definition) is 1. The molecule has 0 spiro atoms. The fourth-order valence-electron chi connectivity index (χ4n) is 4.21. The average molecular weight is 386 g/mol. The fraction of sp³-hybridized carbons (Fsp3) is 0.391. The molecule has 3 nitrogen and oxygen atoms in total. The molecule has 2 aromatic carbocycles. The number of fused-ring (bicyclic) bond motifs is 1. The van der Waals surface area contributed by atoms with Gasteiger partial charge in [0.15, 0.2) is 0 Å². The lowest BCUT2D eigenvalue weighted by molar-refractivity contribution is -0.00458. The van der Waals surface area contributed by atoms with Crippen LogP contribution >= 0.6 is 12.4 Å². The summed E-state index contributed by atoms with van der Waals surface area (Å²) >= 11 is 0. The molecule has 27 heavy (non-hydrogen) atoms. The molecule has 0 saturated carbocycles. The van der Waals surface area contributed by atoms with Crippen molar-refractivity contribution in [3.05, 3.63) is 71.3 Å². The van der Waals surface area contributed by atoms with E-state index < -0.39 is 0 Å². The van der Waals surface area contributed by atoms with Gasteiger partial charge in [0, 0.05) is 18.5 Å². The van der Waals surface area contributed by atoms with Crippen LogP contribution in [0.4, 0.5) is 0 Å². The Kier molecular flexibility index (Phi) is 6.59. The summed E-state index contributed by atoms with van der Waals surface area (Å²) in [6.45, 7) is 4.05. The first kappa shape index (κ1) is 19.9. The molecule has 2 aliphatic heterocycles. The second kappa shape index (κ2) is 8.92. The maximum atomic E-state index is 6.21. The Morgan fingerprint density at radius 1 is 1.11 bits per heavy atom. The van der Waals surface area contributed by atoms with Crippen LogP contribution in [0, 0.1) is 5.92 Å². The molecule has 2 aromatic rings. The summed E-state index contributed by atoms with van der Waals surface area (Å²) < 4.78 is 11.5. The van der Waals surface area contributed by atoms with E-state index in [-0.39, 0.29) is 18.5 Å². The average Bonchev–Trinajstić information content (AvgIpc) is 2.73. The molecule has 2 aliphatic rings. The Balaban J connectivity index is 0.00000210. The van der Waals surface area contributed by atoms with Gasteiger partial charge in [0.2, 0.25) is 0 Å². The molecule has 4 rings (SSSR count). The molecule has 0 saturated heterocycles. The molecule has 0 radical (unpaired) electrons. The summed E-state index contributed by atoms with van der Waals surface area (Å²) in [5.41, 5.74) is 5.51. The van der Waals surface area contributed by atoms with E-state index in [9.17, 15) is 0 Å². The SMILES string of the molecule is COc1ccc(C2=CCNC(C(C)C3OCCc4ccccc43)C2)cc1.Cl. The minimum atomic E-state index is 0. The summed E-state index contributed by atoms with van der Waals surface area (Å²) in [7, 11) is 1.71. The first-order chi connectivity index (χ1) is 12.8. The van der Waals surface area contributed by atoms with Crippen LogP contribution in [0.2, 0.25) is 0 Å². The van der Waals surface area contributed by atoms with E-state index in [0.29, 0.717) is 12.0 Å². The lowest BCUT2D eigenvalue weighted by Crippen LogP contribution is -2.41. The van der Waals surface area contributed by atoms with Crippen molar-refractivity contribution in [1.29, 1.82) is 0 Å². The zero-order chi connectivity index (χ0) is 17.9. The first-order valence-electron chi connectivity index (χ1n) is 9.52. The number of hydrogen-bond acceptors (Lipinski definition) is 3. The zero-order valence-electron chi connectivity index (χ0n) is 16.0. The van der Waals surface area contributed by atoms with Crippen LogP contribution in [0.3, 0.4) is 0 Å². The van der Waals surface area contributed by atoms with E-state index in [1.807, 2.05) is 12.1 Å². The number of rotatable bonds is 4. The van der Waals surface area contributed by atoms with Gasteiger partial charge in [-0.1, -0.05) is 49.4 Å². The number of ether oxygens (including phenoxy) is 2. The van der Waals surface area contributed by atoms with Gasteiger partial charge in [-0.25, -0.2) is 0 Å². The normalized spacial score (nSPS) is 22.8. The van der Waals surface area contributed by atoms with Crippen molar-refractivity contribution in [2.75, 3.05) is 20.3 Å². The van der Waals surface area contributed by atoms with Gasteiger partial charge in [-0.2, -0.15) is 0 Å². The second-order valence-corrected chi connectivity index (χ2v) is 7.28. The monoisotopic (exact) mass is 385 g/mol. The van der Waals surface area contributed by atoms with Gasteiger partial charge in [-0.05, 0) is 47.2 Å². The summed E-state index contributed by atoms with van der Waals surface area (Å²) in [5, 5.41) is 3.69. The molecule has 2 heterocycles. The topological polar surface area (TPSA) is 30.5 Å². The maximum absolute atomic E-state index is 6.21. The van der Waals surface area contributed by atoms with E-state index in [1.165, 1.54) is 22.3 Å². The number of halogens is 1. The Hall–Kier alpha value is -1.81. The largest absolute Gasteiger partial charge is 0.497 e. The standard InChI is InChI=1S/C23H27NO2.ClH/c1-16(23-21-6-4-3-5-18(21)12-14-26-23)22-15-19(11-13-24-22)17-7-9-20(25-2)10-8-17;/h3-11,16,22-24H,12-15H2,1-2H3;1H. The third kappa shape index (κ3) is 4.21. The highest BCUT2D eigenvalue weighted by Gasteiger charge is 2.32. The lowest BCUT2D eigenvalue weighted by Gasteiger charge is -2.37. The third-order valence-electron chi connectivity index (χ3n) is 5.77. The van der Waals surface area contributed by atoms with Crippen molar-refractivity contribution in [3.8, 4) is 5.75 Å². The van der Waals surface area contributed by atoms with E-state index in [0.717, 1.165) is 31.7 Å². The van der Waals surface area contributed by atoms with Crippen LogP contribution in [0.15, 0.2) is 54.6 Å². The van der Waals surface area contributed by atoms with Gasteiger partial charge < -0.3 is 14.8 Å². The Labute approximate surface area is 168 Å². The molecule has 0 bridgehead atoms. The van der Waals surface area contributed by atoms with E-state index in [4.69, 9.17) is 9.47 Å². The van der Waals surface area contributed by atoms with Crippen molar-refractivity contribution >= 4 is 18.0 Å². The lowest BCUT2D eigenvalue weighted by atomic mass is 9.82. The highest BCUT2D eigenvalue weighted by molar-refractivity contribution is 5.85. The molecule has 0 aromatic heterocycles. The number of benzene rings is 2. The van der Waals surface area contributed by atoms with Crippen LogP contribution in [-0.4, -0.2) is 26.3 Å². The molecule has 0 aliphatic carbocycles. The second-order valence-electron chi connectivity index (χ2n) is 7.28. The molecule has 4 heteroatoms. The molecule has 0 fully saturated rings. The summed E-state index contributed by atoms with van der Waals surface area (Å²) in [4.78, 5) is 0. The zero-order valence-corrected chi connectivity index (χ0v) is 16.8. The summed E-state index contributed by atoms with van der Waals surface area (Å²) in [6, 6.07) is 17.5. The van der Waals surface area contributed by atoms with Crippen molar-refractivity contribution in [2.45, 2.75) is 31.9 Å². The third-order valence-corrected chi connectivity index (χ3v) is 5.77. The Bertz CT molecular complexity index is 787. The van der Waals surface area contributed by atoms with Gasteiger partial charge in [0.1, 0.15) is 5.75 Å². The number of nitrogens with one attached hydrogen (secondary N) is 1. The molecule has 3 atom stereocenters.